The molecule has 1 radical (unpaired) electrons. The van der Waals surface area contributed by atoms with E-state index < -0.39 is 128 Å². The number of benzene rings is 1. The second kappa shape index (κ2) is 38.2. The Morgan fingerprint density at radius 1 is 0.659 bits per heavy atom. The van der Waals surface area contributed by atoms with Crippen LogP contribution in [0.25, 0.3) is 0 Å². The zero-order valence-electron chi connectivity index (χ0n) is 49.2. The number of fused-ring (bicyclic) bond motifs is 2. The standard InChI is InChI=1S/C57H89N13O14.Gd/c1-5-37(4)51(56(82)63-40(16-9-11-21-58)53(79)64-41(17-10-12-22-59)57(83)70-23-13-18-45(70)55(81)65-42(52(60)78)29-38-14-7-6-8-15-38)66-54(80)43(28-36(2)3)62-47(71)35-84-46-20-19-39-30-68(33-49(74)75)26-24-67(32-48(72)73)25-27-69(34-50(76)77)31-44(46)61-39;/h6-8,14-15,19-20,36-37,40-43,45,51H,5,9-13,16-18,21-35,58-59H2,1-4H3,(H2,60,78)(H,62,71)(H,63,82)(H,64,79)(H,65,81)(H,66,80)(H,72,73)(H,74,75)(H,76,77);/q;+3/p-3/t37-,40-,41-,42-,43-,45-,51-;/m0./s1. The van der Waals surface area contributed by atoms with Gasteiger partial charge in [0.2, 0.25) is 35.4 Å². The fourth-order valence-electron chi connectivity index (χ4n) is 10.0. The first-order chi connectivity index (χ1) is 40.0. The van der Waals surface area contributed by atoms with Gasteiger partial charge in [0.25, 0.3) is 5.91 Å². The summed E-state index contributed by atoms with van der Waals surface area (Å²) in [5, 5.41) is 49.0. The summed E-state index contributed by atoms with van der Waals surface area (Å²) >= 11 is 0. The second-order valence-electron chi connectivity index (χ2n) is 22.0. The monoisotopic (exact) mass is 1330 g/mol. The number of ether oxygens (including phenoxy) is 1. The molecule has 1 aromatic heterocycles. The average molecular weight is 1330 g/mol. The van der Waals surface area contributed by atoms with Crippen molar-refractivity contribution in [2.45, 2.75) is 148 Å². The quantitative estimate of drug-likeness (QED) is 0.0305. The molecule has 7 amide bonds. The topological polar surface area (TPSA) is 413 Å². The predicted molar refractivity (Wildman–Crippen MR) is 300 cm³/mol. The van der Waals surface area contributed by atoms with Crippen LogP contribution >= 0.6 is 0 Å². The van der Waals surface area contributed by atoms with E-state index in [9.17, 15) is 63.3 Å². The van der Waals surface area contributed by atoms with E-state index in [0.29, 0.717) is 57.2 Å². The summed E-state index contributed by atoms with van der Waals surface area (Å²) in [5.41, 5.74) is 18.6. The third kappa shape index (κ3) is 25.9. The van der Waals surface area contributed by atoms with Gasteiger partial charge in [-0.05, 0) is 100 Å². The Balaban J connectivity index is 0.0000189. The number of hydrogen-bond donors (Lipinski definition) is 8. The van der Waals surface area contributed by atoms with Crippen LogP contribution in [0.4, 0.5) is 0 Å². The van der Waals surface area contributed by atoms with E-state index in [1.54, 1.807) is 31.2 Å². The molecule has 2 aliphatic rings. The molecule has 471 valence electrons. The first kappa shape index (κ1) is 73.3. The van der Waals surface area contributed by atoms with E-state index >= 15 is 0 Å². The summed E-state index contributed by atoms with van der Waals surface area (Å²) in [6, 6.07) is 5.25. The van der Waals surface area contributed by atoms with E-state index in [1.807, 2.05) is 26.8 Å². The van der Waals surface area contributed by atoms with Crippen LogP contribution in [0.15, 0.2) is 42.5 Å². The molecule has 0 unspecified atom stereocenters. The van der Waals surface area contributed by atoms with E-state index in [1.165, 1.54) is 31.7 Å². The van der Waals surface area contributed by atoms with Crippen molar-refractivity contribution in [1.82, 2.24) is 51.2 Å². The predicted octanol–water partition coefficient (Wildman–Crippen LogP) is -4.88. The first-order valence-electron chi connectivity index (χ1n) is 28.9. The number of aliphatic carboxylic acids is 3. The molecular weight excluding hydrogens is 1250 g/mol. The molecule has 1 aromatic carbocycles. The summed E-state index contributed by atoms with van der Waals surface area (Å²) in [5.74, 6) is -9.49. The van der Waals surface area contributed by atoms with Gasteiger partial charge in [0.1, 0.15) is 42.0 Å². The molecule has 1 fully saturated rings. The zero-order valence-corrected chi connectivity index (χ0v) is 51.4. The molecule has 27 nitrogen and oxygen atoms in total. The number of carbonyl (C=O) groups excluding carboxylic acids is 10. The molecule has 85 heavy (non-hydrogen) atoms. The normalized spacial score (nSPS) is 17.2. The molecule has 2 bridgehead atoms. The van der Waals surface area contributed by atoms with Crippen molar-refractivity contribution in [2.75, 3.05) is 72.1 Å². The number of primary amides is 1. The molecule has 2 aliphatic heterocycles. The fourth-order valence-corrected chi connectivity index (χ4v) is 10.0. The van der Waals surface area contributed by atoms with Crippen LogP contribution in [0.2, 0.25) is 0 Å². The minimum Gasteiger partial charge on any atom is -0.549 e. The van der Waals surface area contributed by atoms with Crippen molar-refractivity contribution in [3.05, 3.63) is 59.4 Å². The summed E-state index contributed by atoms with van der Waals surface area (Å²) in [4.78, 5) is 143. The minimum absolute atomic E-state index is 0. The number of pyridine rings is 1. The number of rotatable bonds is 34. The molecule has 1 saturated heterocycles. The smallest absolute Gasteiger partial charge is 0.549 e. The maximum atomic E-state index is 14.5. The molecule has 0 saturated carbocycles. The van der Waals surface area contributed by atoms with Gasteiger partial charge in [0, 0.05) is 71.9 Å². The Hall–Kier alpha value is -6.01. The van der Waals surface area contributed by atoms with E-state index in [2.05, 4.69) is 31.6 Å². The van der Waals surface area contributed by atoms with E-state index in [-0.39, 0.29) is 135 Å². The number of nitrogens with two attached hydrogens (primary N) is 3. The average Bonchev–Trinajstić information content (AvgIpc) is 3.76. The van der Waals surface area contributed by atoms with Gasteiger partial charge in [-0.15, -0.1) is 0 Å². The summed E-state index contributed by atoms with van der Waals surface area (Å²) in [6.45, 7) is 5.81. The Morgan fingerprint density at radius 2 is 1.22 bits per heavy atom. The number of likely N-dealkylation sites (tertiary alicyclic amines) is 1. The summed E-state index contributed by atoms with van der Waals surface area (Å²) < 4.78 is 5.96. The van der Waals surface area contributed by atoms with E-state index in [0.717, 1.165) is 5.56 Å². The maximum absolute atomic E-state index is 14.5. The van der Waals surface area contributed by atoms with Gasteiger partial charge < -0.3 is 83.1 Å². The van der Waals surface area contributed by atoms with Crippen molar-refractivity contribution in [2.24, 2.45) is 29.0 Å². The van der Waals surface area contributed by atoms with E-state index in [4.69, 9.17) is 21.9 Å². The number of carbonyl (C=O) groups is 10. The molecule has 0 aliphatic carbocycles. The number of hydrogen-bond acceptors (Lipinski definition) is 20. The number of carboxylic acids is 3. The molecule has 4 rings (SSSR count). The van der Waals surface area contributed by atoms with Crippen LogP contribution < -0.4 is 63.8 Å². The fraction of sp³-hybridized carbons (Fsp3) is 0.632. The summed E-state index contributed by atoms with van der Waals surface area (Å²) in [7, 11) is 0. The number of amides is 7. The molecule has 2 aromatic rings. The van der Waals surface area contributed by atoms with Gasteiger partial charge in [-0.2, -0.15) is 0 Å². The van der Waals surface area contributed by atoms with Crippen LogP contribution in [0, 0.1) is 51.8 Å². The molecular formula is C57H86GdN13O14. The largest absolute Gasteiger partial charge is 3.00 e. The number of nitrogens with zero attached hydrogens (tertiary/aromatic N) is 5. The Bertz CT molecular complexity index is 2530. The van der Waals surface area contributed by atoms with Gasteiger partial charge in [-0.1, -0.05) is 64.4 Å². The summed E-state index contributed by atoms with van der Waals surface area (Å²) in [6.07, 6.45) is 3.54. The van der Waals surface area contributed by atoms with Gasteiger partial charge in [-0.25, -0.2) is 0 Å². The molecule has 3 heterocycles. The SMILES string of the molecule is CC[C@H](C)[C@H](NC(=O)[C@H](CC(C)C)NC(=O)COc1ccc2nc1CN(CC(=O)[O-])CCN(CC(=O)[O-])CCN(CC(=O)[O-])C2)C(=O)N[C@@H](CCCCN)C(=O)N[C@@H](CCCCN)C(=O)N1CCC[C@H]1C(=O)N[C@@H](Cc1ccccc1)C(N)=O.[Gd+3]. The van der Waals surface area contributed by atoms with Crippen molar-refractivity contribution in [3.8, 4) is 5.75 Å². The van der Waals surface area contributed by atoms with Crippen LogP contribution in [0.3, 0.4) is 0 Å². The molecule has 7 atom stereocenters. The first-order valence-corrected chi connectivity index (χ1v) is 28.9. The second-order valence-corrected chi connectivity index (χ2v) is 22.0. The van der Waals surface area contributed by atoms with Crippen molar-refractivity contribution < 1.29 is 108 Å². The number of aromatic nitrogens is 1. The minimum atomic E-state index is -1.43. The zero-order chi connectivity index (χ0) is 61.9. The van der Waals surface area contributed by atoms with Crippen molar-refractivity contribution in [1.29, 1.82) is 0 Å². The van der Waals surface area contributed by atoms with Crippen LogP contribution in [-0.2, 0) is 67.5 Å². The number of nitrogens with one attached hydrogen (secondary N) is 5. The van der Waals surface area contributed by atoms with Crippen molar-refractivity contribution in [3.63, 3.8) is 0 Å². The van der Waals surface area contributed by atoms with Crippen LogP contribution in [-0.4, -0.2) is 192 Å². The van der Waals surface area contributed by atoms with Crippen LogP contribution in [0.1, 0.15) is 109 Å². The molecule has 0 spiro atoms. The molecule has 11 N–H and O–H groups in total. The number of unbranched alkanes of at least 4 members (excludes halogenated alkanes) is 2. The van der Waals surface area contributed by atoms with Gasteiger partial charge in [0.05, 0.1) is 29.3 Å². The van der Waals surface area contributed by atoms with Gasteiger partial charge >= 0.3 is 39.9 Å². The Labute approximate surface area is 529 Å². The molecule has 28 heteroatoms. The third-order valence-corrected chi connectivity index (χ3v) is 14.7. The van der Waals surface area contributed by atoms with Crippen LogP contribution in [0.5, 0.6) is 5.75 Å². The van der Waals surface area contributed by atoms with Crippen molar-refractivity contribution >= 4 is 59.3 Å². The Morgan fingerprint density at radius 3 is 1.80 bits per heavy atom. The van der Waals surface area contributed by atoms with Gasteiger partial charge in [0.15, 0.2) is 6.61 Å². The third-order valence-electron chi connectivity index (χ3n) is 14.7. The Kier molecular flexibility index (Phi) is 32.9. The van der Waals surface area contributed by atoms with Gasteiger partial charge in [-0.3, -0.25) is 53.2 Å². The maximum Gasteiger partial charge on any atom is 3.00 e. The number of carboxylic acid groups (broad SMARTS) is 3.